The molecular weight excluding hydrogens is 332 g/mol. The lowest BCUT2D eigenvalue weighted by molar-refractivity contribution is -0.480. The molecule has 12 heteroatoms. The molecule has 0 bridgehead atoms. The van der Waals surface area contributed by atoms with Crippen molar-refractivity contribution in [2.75, 3.05) is 28.2 Å². The van der Waals surface area contributed by atoms with Crippen LogP contribution in [0.1, 0.15) is 0 Å². The van der Waals surface area contributed by atoms with E-state index in [2.05, 4.69) is 10.3 Å². The van der Waals surface area contributed by atoms with Crippen LogP contribution in [0.4, 0.5) is 28.2 Å². The van der Waals surface area contributed by atoms with Crippen LogP contribution in [-0.4, -0.2) is 58.8 Å². The first kappa shape index (κ1) is 32.4. The van der Waals surface area contributed by atoms with E-state index in [9.17, 15) is 0 Å². The monoisotopic (exact) mass is 354 g/mol. The molecule has 0 aliphatic heterocycles. The molecule has 0 amide bonds. The summed E-state index contributed by atoms with van der Waals surface area (Å²) in [6.07, 6.45) is 0. The maximum Gasteiger partial charge on any atom is 0.471 e. The van der Waals surface area contributed by atoms with Gasteiger partial charge in [-0.25, -0.2) is 9.48 Å². The van der Waals surface area contributed by atoms with Crippen LogP contribution >= 0.6 is 0 Å². The molecular formula is C11H22F6N5O+. The number of fused-ring (bicyclic) bond motifs is 1. The largest absolute Gasteiger partial charge is 0.471 e. The molecule has 1 heterocycles. The van der Waals surface area contributed by atoms with Crippen molar-refractivity contribution in [3.05, 3.63) is 24.3 Å². The summed E-state index contributed by atoms with van der Waals surface area (Å²) in [4.78, 5) is 8.99. The van der Waals surface area contributed by atoms with Crippen LogP contribution in [0.3, 0.4) is 0 Å². The lowest BCUT2D eigenvalue weighted by atomic mass is 10.3. The molecule has 0 aliphatic rings. The van der Waals surface area contributed by atoms with Crippen molar-refractivity contribution < 1.29 is 37.6 Å². The highest BCUT2D eigenvalue weighted by molar-refractivity contribution is 5.75. The molecule has 6 nitrogen and oxygen atoms in total. The molecule has 0 spiro atoms. The first-order valence-corrected chi connectivity index (χ1v) is 5.30. The Labute approximate surface area is 128 Å². The number of benzene rings is 1. The van der Waals surface area contributed by atoms with Gasteiger partial charge in [0.25, 0.3) is 0 Å². The third kappa shape index (κ3) is 6.84. The van der Waals surface area contributed by atoms with E-state index >= 15 is 0 Å². The van der Waals surface area contributed by atoms with E-state index in [0.717, 1.165) is 11.0 Å². The van der Waals surface area contributed by atoms with E-state index < -0.39 is 0 Å². The summed E-state index contributed by atoms with van der Waals surface area (Å²) >= 11 is 0. The summed E-state index contributed by atoms with van der Waals surface area (Å²) < 4.78 is 1.87. The van der Waals surface area contributed by atoms with Crippen molar-refractivity contribution >= 4 is 17.1 Å². The van der Waals surface area contributed by atoms with Crippen molar-refractivity contribution in [2.24, 2.45) is 0 Å². The van der Waals surface area contributed by atoms with Gasteiger partial charge in [0.1, 0.15) is 11.0 Å². The number of para-hydroxylation sites is 1. The number of rotatable bonds is 1. The predicted octanol–water partition coefficient (Wildman–Crippen LogP) is 0.965. The quantitative estimate of drug-likeness (QED) is 0.331. The maximum absolute atomic E-state index is 5.70. The Bertz CT molecular complexity index is 573. The molecule has 0 N–H and O–H groups in total. The molecule has 2 rings (SSSR count). The van der Waals surface area contributed by atoms with Crippen molar-refractivity contribution in [3.63, 3.8) is 0 Å². The van der Waals surface area contributed by atoms with Crippen LogP contribution in [0.15, 0.2) is 24.3 Å². The highest BCUT2D eigenvalue weighted by Gasteiger charge is 2.17. The van der Waals surface area contributed by atoms with Gasteiger partial charge in [-0.15, -0.1) is 5.10 Å². The molecule has 2 aromatic rings. The molecule has 0 unspecified atom stereocenters. The Hall–Kier alpha value is -2.53. The van der Waals surface area contributed by atoms with Gasteiger partial charge in [0, 0.05) is 0 Å². The predicted molar refractivity (Wildman–Crippen MR) is 79.9 cm³/mol. The van der Waals surface area contributed by atoms with Crippen molar-refractivity contribution in [2.45, 2.75) is 0 Å². The smallest absolute Gasteiger partial charge is 0.278 e. The normalized spacial score (nSPS) is 7.65. The number of amidine groups is 1. The van der Waals surface area contributed by atoms with Crippen LogP contribution in [0.2, 0.25) is 0 Å². The van der Waals surface area contributed by atoms with E-state index in [-0.39, 0.29) is 28.2 Å². The Morgan fingerprint density at radius 1 is 1.00 bits per heavy atom. The minimum Gasteiger partial charge on any atom is -0.278 e. The summed E-state index contributed by atoms with van der Waals surface area (Å²) in [5, 5.41) is 8.00. The summed E-state index contributed by atoms with van der Waals surface area (Å²) in [5.41, 5.74) is 1.65. The molecule has 1 aromatic heterocycles. The van der Waals surface area contributed by atoms with Gasteiger partial charge in [0.05, 0.1) is 28.2 Å². The second-order valence-corrected chi connectivity index (χ2v) is 4.11. The Kier molecular flexibility index (Phi) is 18.5. The molecule has 0 atom stereocenters. The van der Waals surface area contributed by atoms with Gasteiger partial charge in [-0.2, -0.15) is 0 Å². The van der Waals surface area contributed by atoms with Crippen LogP contribution in [-0.2, 0) is 0 Å². The Morgan fingerprint density at radius 2 is 1.52 bits per heavy atom. The fraction of sp³-hybridized carbons (Fsp3) is 0.364. The topological polar surface area (TPSA) is 46.2 Å². The lowest BCUT2D eigenvalue weighted by Gasteiger charge is -2.10. The fourth-order valence-corrected chi connectivity index (χ4v) is 1.56. The number of aromatic nitrogens is 3. The van der Waals surface area contributed by atoms with E-state index in [0.29, 0.717) is 6.02 Å². The minimum absolute atomic E-state index is 0. The van der Waals surface area contributed by atoms with Gasteiger partial charge in [-0.05, 0) is 17.3 Å². The second-order valence-electron chi connectivity index (χ2n) is 4.11. The molecule has 0 aliphatic carbocycles. The standard InChI is InChI=1S/C11H16N5O.6FH/c1-14(2)11(15(3)4)17-16-10-8-6-5-7-9(10)12-13-16;;;;;;/h5-8H,1-4H3;6*1H/q+1;;;;;;. The number of hydrogen-bond donors (Lipinski definition) is 0. The molecule has 23 heavy (non-hydrogen) atoms. The molecule has 1 aromatic carbocycles. The first-order valence-electron chi connectivity index (χ1n) is 5.30. The van der Waals surface area contributed by atoms with Gasteiger partial charge in [0.2, 0.25) is 0 Å². The van der Waals surface area contributed by atoms with Crippen LogP contribution in [0.5, 0.6) is 0 Å². The third-order valence-corrected chi connectivity index (χ3v) is 2.25. The summed E-state index contributed by atoms with van der Waals surface area (Å²) in [6, 6.07) is 8.34. The average molecular weight is 354 g/mol. The molecule has 0 radical (unpaired) electrons. The summed E-state index contributed by atoms with van der Waals surface area (Å²) in [7, 11) is 7.64. The minimum atomic E-state index is 0. The van der Waals surface area contributed by atoms with E-state index in [1.165, 1.54) is 4.85 Å². The molecule has 138 valence electrons. The molecule has 0 fully saturated rings. The summed E-state index contributed by atoms with van der Waals surface area (Å²) in [6.45, 7) is 0. The highest BCUT2D eigenvalue weighted by Crippen LogP contribution is 2.08. The van der Waals surface area contributed by atoms with E-state index in [4.69, 9.17) is 4.84 Å². The SMILES string of the molecule is CN(C)C(On1nnc2ccccc21)=[N+](C)C.F.F.F.F.F.F. The average Bonchev–Trinajstić information content (AvgIpc) is 2.68. The van der Waals surface area contributed by atoms with Crippen LogP contribution in [0.25, 0.3) is 11.0 Å². The van der Waals surface area contributed by atoms with E-state index in [1.807, 2.05) is 61.9 Å². The van der Waals surface area contributed by atoms with Crippen molar-refractivity contribution in [3.8, 4) is 0 Å². The second kappa shape index (κ2) is 13.2. The Balaban J connectivity index is -0.000000180. The van der Waals surface area contributed by atoms with Crippen LogP contribution < -0.4 is 4.84 Å². The fourth-order valence-electron chi connectivity index (χ4n) is 1.56. The van der Waals surface area contributed by atoms with E-state index in [1.54, 1.807) is 0 Å². The number of halogens is 6. The van der Waals surface area contributed by atoms with Gasteiger partial charge in [-0.1, -0.05) is 17.0 Å². The maximum atomic E-state index is 5.70. The van der Waals surface area contributed by atoms with Gasteiger partial charge in [-0.3, -0.25) is 33.1 Å². The lowest BCUT2D eigenvalue weighted by Crippen LogP contribution is -2.39. The van der Waals surface area contributed by atoms with Gasteiger partial charge < -0.3 is 0 Å². The van der Waals surface area contributed by atoms with Gasteiger partial charge in [0.15, 0.2) is 0 Å². The van der Waals surface area contributed by atoms with Crippen molar-refractivity contribution in [1.82, 2.24) is 20.1 Å². The zero-order chi connectivity index (χ0) is 12.4. The van der Waals surface area contributed by atoms with Crippen molar-refractivity contribution in [1.29, 1.82) is 0 Å². The summed E-state index contributed by atoms with van der Waals surface area (Å²) in [5.74, 6) is 0. The number of hydrogen-bond acceptors (Lipinski definition) is 3. The van der Waals surface area contributed by atoms with Crippen LogP contribution in [0, 0.1) is 0 Å². The zero-order valence-corrected chi connectivity index (χ0v) is 12.9. The molecule has 0 saturated heterocycles. The zero-order valence-electron chi connectivity index (χ0n) is 12.9. The first-order chi connectivity index (χ1) is 8.09. The highest BCUT2D eigenvalue weighted by atomic mass is 19.0. The molecule has 0 saturated carbocycles. The number of nitrogens with zero attached hydrogens (tertiary/aromatic N) is 5. The van der Waals surface area contributed by atoms with Gasteiger partial charge >= 0.3 is 6.02 Å². The third-order valence-electron chi connectivity index (χ3n) is 2.25. The Morgan fingerprint density at radius 3 is 2.00 bits per heavy atom.